The lowest BCUT2D eigenvalue weighted by Crippen LogP contribution is -2.51. The Hall–Kier alpha value is -8.02. The van der Waals surface area contributed by atoms with Crippen LogP contribution in [0, 0.1) is 42.3 Å². The number of aliphatic hydroxyl groups is 2. The van der Waals surface area contributed by atoms with Crippen molar-refractivity contribution in [3.8, 4) is 28.7 Å². The van der Waals surface area contributed by atoms with Crippen molar-refractivity contribution in [1.82, 2.24) is 14.5 Å². The highest BCUT2D eigenvalue weighted by Gasteiger charge is 2.50. The molecule has 6 heterocycles. The van der Waals surface area contributed by atoms with E-state index >= 15 is 4.39 Å². The number of phenolic OH excluding ortho intramolecular Hbond substituents is 3. The van der Waals surface area contributed by atoms with Crippen LogP contribution in [0.15, 0.2) is 58.3 Å². The highest BCUT2D eigenvalue weighted by molar-refractivity contribution is 6.24. The molecular weight excluding hydrogens is 1120 g/mol. The minimum Gasteiger partial charge on any atom is -0.507 e. The third-order valence-electron chi connectivity index (χ3n) is 17.8. The van der Waals surface area contributed by atoms with Crippen molar-refractivity contribution in [3.63, 3.8) is 0 Å². The molecule has 0 unspecified atom stereocenters. The van der Waals surface area contributed by atoms with Gasteiger partial charge in [0.15, 0.2) is 28.5 Å². The topological polar surface area (TPSA) is 289 Å². The van der Waals surface area contributed by atoms with Crippen LogP contribution in [0.5, 0.6) is 28.7 Å². The smallest absolute Gasteiger partial charge is 0.312 e. The van der Waals surface area contributed by atoms with E-state index in [1.807, 2.05) is 4.57 Å². The average molecular weight is 1190 g/mol. The van der Waals surface area contributed by atoms with Gasteiger partial charge in [-0.25, -0.2) is 4.39 Å². The van der Waals surface area contributed by atoms with Crippen LogP contribution in [0.4, 0.5) is 15.8 Å². The van der Waals surface area contributed by atoms with Crippen LogP contribution in [0.1, 0.15) is 119 Å². The zero-order valence-corrected chi connectivity index (χ0v) is 50.3. The molecule has 10 rings (SSSR count). The van der Waals surface area contributed by atoms with E-state index in [1.54, 1.807) is 60.9 Å². The van der Waals surface area contributed by atoms with E-state index in [0.717, 1.165) is 12.8 Å². The van der Waals surface area contributed by atoms with Gasteiger partial charge in [-0.1, -0.05) is 45.9 Å². The predicted molar refractivity (Wildman–Crippen MR) is 317 cm³/mol. The first kappa shape index (κ1) is 62.5. The van der Waals surface area contributed by atoms with Crippen LogP contribution < -0.4 is 25.1 Å². The minimum absolute atomic E-state index is 0.00602. The summed E-state index contributed by atoms with van der Waals surface area (Å²) in [6.07, 6.45) is 8.34. The van der Waals surface area contributed by atoms with Gasteiger partial charge in [-0.3, -0.25) is 33.8 Å². The molecule has 0 radical (unpaired) electrons. The number of anilines is 2. The molecule has 5 bridgehead atoms. The summed E-state index contributed by atoms with van der Waals surface area (Å²) < 4.78 is 47.7. The van der Waals surface area contributed by atoms with Crippen molar-refractivity contribution in [2.24, 2.45) is 34.7 Å². The van der Waals surface area contributed by atoms with Gasteiger partial charge in [-0.15, -0.1) is 0 Å². The van der Waals surface area contributed by atoms with E-state index in [9.17, 15) is 54.3 Å². The Bertz CT molecular complexity index is 3580. The van der Waals surface area contributed by atoms with Crippen LogP contribution in [0.2, 0.25) is 0 Å². The number of amides is 2. The SMILES string of the molecule is COc1c(N2CCN(C(=O)C3CCN(/N=C/c4c5c(O)c6c(O)c(C)c7c(c6c4O)C(=O)[C@@](C)(O/C=C/[C@H](OC)[C@@H](C)[C@@H](OC(C)=O)[C@H](C)[C@H](O)[C@H](C)[C@@H](O)[C@@H](C)/C=C/C=C(/C)C(=O)N5)O7)CC3)CC2)c(F)cc2c(=O)c(C(C)=O)cn(C3CC3)c12. The molecular formula is C63H77FN6O16. The second-order valence-electron chi connectivity index (χ2n) is 23.6. The predicted octanol–water partition coefficient (Wildman–Crippen LogP) is 7.15. The number of methoxy groups -OCH3 is 2. The largest absolute Gasteiger partial charge is 0.507 e. The first-order valence-corrected chi connectivity index (χ1v) is 29.1. The van der Waals surface area contributed by atoms with Crippen LogP contribution in [0.25, 0.3) is 21.7 Å². The maximum absolute atomic E-state index is 16.2. The summed E-state index contributed by atoms with van der Waals surface area (Å²) in [4.78, 5) is 84.9. The number of carbonyl (C=O) groups is 5. The molecule has 6 aliphatic rings. The number of fused-ring (bicyclic) bond motifs is 15. The van der Waals surface area contributed by atoms with Crippen molar-refractivity contribution < 1.29 is 77.6 Å². The molecule has 1 aromatic heterocycles. The number of piperidine rings is 1. The molecule has 2 saturated heterocycles. The lowest BCUT2D eigenvalue weighted by molar-refractivity contribution is -0.160. The average Bonchev–Trinajstić information content (AvgIpc) is 1.45. The third kappa shape index (κ3) is 11.6. The van der Waals surface area contributed by atoms with Gasteiger partial charge in [0.2, 0.25) is 5.91 Å². The highest BCUT2D eigenvalue weighted by atomic mass is 19.1. The Labute approximate surface area is 497 Å². The fourth-order valence-electron chi connectivity index (χ4n) is 12.5. The number of hydrogen-bond acceptors (Lipinski definition) is 19. The zero-order valence-electron chi connectivity index (χ0n) is 50.3. The van der Waals surface area contributed by atoms with Crippen LogP contribution in [0.3, 0.4) is 0 Å². The molecule has 4 aromatic rings. The summed E-state index contributed by atoms with van der Waals surface area (Å²) in [5.74, 6) is -10.6. The monoisotopic (exact) mass is 1190 g/mol. The maximum Gasteiger partial charge on any atom is 0.312 e. The number of hydrogen-bond donors (Lipinski definition) is 6. The lowest BCUT2D eigenvalue weighted by atomic mass is 9.78. The number of nitrogens with zero attached hydrogens (tertiary/aromatic N) is 5. The van der Waals surface area contributed by atoms with Crippen LogP contribution in [-0.4, -0.2) is 159 Å². The second kappa shape index (κ2) is 24.8. The number of ether oxygens (including phenoxy) is 5. The molecule has 2 amide bonds. The van der Waals surface area contributed by atoms with Crippen molar-refractivity contribution in [2.45, 2.75) is 124 Å². The van der Waals surface area contributed by atoms with Gasteiger partial charge >= 0.3 is 11.8 Å². The molecule has 5 aliphatic heterocycles. The second-order valence-corrected chi connectivity index (χ2v) is 23.6. The Balaban J connectivity index is 0.991. The number of aliphatic hydroxyl groups excluding tert-OH is 2. The number of ketones is 2. The third-order valence-corrected chi connectivity index (χ3v) is 17.8. The number of benzene rings is 3. The van der Waals surface area contributed by atoms with Crippen LogP contribution in [-0.2, 0) is 28.6 Å². The van der Waals surface area contributed by atoms with Gasteiger partial charge in [-0.2, -0.15) is 5.10 Å². The lowest BCUT2D eigenvalue weighted by Gasteiger charge is -2.39. The molecule has 3 aromatic carbocycles. The van der Waals surface area contributed by atoms with E-state index in [4.69, 9.17) is 23.7 Å². The van der Waals surface area contributed by atoms with E-state index in [-0.39, 0.29) is 118 Å². The maximum atomic E-state index is 16.2. The number of aromatic hydroxyl groups is 3. The fourth-order valence-corrected chi connectivity index (χ4v) is 12.5. The molecule has 3 fully saturated rings. The number of phenols is 3. The Morgan fingerprint density at radius 3 is 2.15 bits per heavy atom. The summed E-state index contributed by atoms with van der Waals surface area (Å²) >= 11 is 0. The summed E-state index contributed by atoms with van der Waals surface area (Å²) in [5, 5.41) is 68.0. The van der Waals surface area contributed by atoms with Gasteiger partial charge in [0.05, 0.1) is 76.6 Å². The van der Waals surface area contributed by atoms with E-state index in [1.165, 1.54) is 79.5 Å². The molecule has 86 heavy (non-hydrogen) atoms. The number of carbonyl (C=O) groups excluding carboxylic acids is 5. The number of aromatic nitrogens is 1. The number of Topliss-reactive ketones (excluding diaryl/α,β-unsaturated/α-hetero) is 2. The molecule has 1 saturated carbocycles. The Kier molecular flexibility index (Phi) is 18.0. The number of rotatable bonds is 9. The standard InChI is InChI=1S/C63H77FN6O16/c1-30-13-12-14-31(2)61(80)66-48-41(28-65-69-20-17-38(18-21-69)62(81)68-24-22-67(23-25-68)50-43(64)27-40-49(59(50)83-11)70(39-15-16-39)29-42(36(7)71)54(40)76)55(77)45-46(56(48)78)53(75)35(6)58-47(45)60(79)63(9,86-58)84-26-19-44(82-10)32(3)57(85-37(8)72)34(5)52(74)33(4)51(30)73/h12-14,19,26-30,32-34,38-39,44,51-52,57,73-75,77-78H,15-18,20-25H2,1-11H3,(H,66,80)/b13-12+,26-19+,31-14-,65-28+/t30-,32+,33+,34+,44-,51-,52+,57+,63-/m0/s1. The summed E-state index contributed by atoms with van der Waals surface area (Å²) in [6.45, 7) is 15.2. The summed E-state index contributed by atoms with van der Waals surface area (Å²) in [6, 6.07) is 1.20. The molecule has 0 spiro atoms. The molecule has 22 nitrogen and oxygen atoms in total. The summed E-state index contributed by atoms with van der Waals surface area (Å²) in [5.41, 5.74) is -0.768. The van der Waals surface area contributed by atoms with Gasteiger partial charge in [-0.05, 0) is 58.6 Å². The van der Waals surface area contributed by atoms with Crippen molar-refractivity contribution in [3.05, 3.63) is 86.7 Å². The van der Waals surface area contributed by atoms with Gasteiger partial charge in [0.25, 0.3) is 11.7 Å². The number of pyridine rings is 1. The fraction of sp³-hybridized carbons (Fsp3) is 0.508. The van der Waals surface area contributed by atoms with E-state index in [2.05, 4.69) is 10.4 Å². The number of piperazine rings is 1. The van der Waals surface area contributed by atoms with Gasteiger partial charge in [0.1, 0.15) is 29.0 Å². The van der Waals surface area contributed by atoms with Crippen molar-refractivity contribution in [1.29, 1.82) is 0 Å². The van der Waals surface area contributed by atoms with E-state index < -0.39 is 112 Å². The van der Waals surface area contributed by atoms with Crippen molar-refractivity contribution in [2.75, 3.05) is 63.7 Å². The van der Waals surface area contributed by atoms with E-state index in [0.29, 0.717) is 18.4 Å². The van der Waals surface area contributed by atoms with Gasteiger partial charge in [0, 0.05) is 119 Å². The first-order chi connectivity index (χ1) is 40.7. The highest BCUT2D eigenvalue weighted by Crippen LogP contribution is 2.55. The number of nitrogens with one attached hydrogen (secondary N) is 1. The summed E-state index contributed by atoms with van der Waals surface area (Å²) in [7, 11) is 2.83. The molecule has 6 N–H and O–H groups in total. The number of esters is 1. The minimum atomic E-state index is -2.14. The molecule has 462 valence electrons. The molecule has 9 atom stereocenters. The zero-order chi connectivity index (χ0) is 62.5. The van der Waals surface area contributed by atoms with Crippen LogP contribution >= 0.6 is 0 Å². The molecule has 1 aliphatic carbocycles. The Morgan fingerprint density at radius 1 is 0.860 bits per heavy atom. The normalized spacial score (nSPS) is 27.7. The number of allylic oxidation sites excluding steroid dienone is 2. The first-order valence-electron chi connectivity index (χ1n) is 29.1. The quantitative estimate of drug-likeness (QED) is 0.0319. The van der Waals surface area contributed by atoms with Gasteiger partial charge < -0.3 is 68.9 Å². The Morgan fingerprint density at radius 2 is 1.53 bits per heavy atom. The number of halogens is 1. The molecule has 23 heteroatoms. The number of hydrazone groups is 1. The van der Waals surface area contributed by atoms with Crippen molar-refractivity contribution >= 4 is 68.6 Å².